The first-order chi connectivity index (χ1) is 15.8. The zero-order valence-electron chi connectivity index (χ0n) is 16.6. The van der Waals surface area contributed by atoms with Crippen molar-refractivity contribution in [3.05, 3.63) is 97.5 Å². The van der Waals surface area contributed by atoms with E-state index in [2.05, 4.69) is 5.32 Å². The fourth-order valence-electron chi connectivity index (χ4n) is 2.71. The molecule has 0 saturated heterocycles. The Labute approximate surface area is 198 Å². The number of amides is 1. The number of benzene rings is 3. The van der Waals surface area contributed by atoms with Gasteiger partial charge in [0.25, 0.3) is 11.6 Å². The van der Waals surface area contributed by atoms with Crippen molar-refractivity contribution in [3.63, 3.8) is 0 Å². The molecule has 0 heterocycles. The van der Waals surface area contributed by atoms with E-state index in [1.807, 2.05) is 12.1 Å². The Hall–Kier alpha value is -4.37. The van der Waals surface area contributed by atoms with Gasteiger partial charge in [-0.05, 0) is 42.0 Å². The first-order valence-electron chi connectivity index (χ1n) is 9.16. The molecule has 8 nitrogen and oxygen atoms in total. The smallest absolute Gasteiger partial charge is 0.271 e. The molecule has 1 N–H and O–H groups in total. The normalized spacial score (nSPS) is 10.6. The number of hydrogen-bond acceptors (Lipinski definition) is 6. The van der Waals surface area contributed by atoms with E-state index < -0.39 is 10.8 Å². The molecule has 33 heavy (non-hydrogen) atoms. The predicted octanol–water partition coefficient (Wildman–Crippen LogP) is 6.11. The average molecular weight is 479 g/mol. The van der Waals surface area contributed by atoms with Crippen LogP contribution in [0.2, 0.25) is 10.0 Å². The largest absolute Gasteiger partial charge is 0.456 e. The lowest BCUT2D eigenvalue weighted by Gasteiger charge is -2.09. The van der Waals surface area contributed by atoms with Gasteiger partial charge in [-0.15, -0.1) is 0 Å². The van der Waals surface area contributed by atoms with Crippen molar-refractivity contribution in [3.8, 4) is 23.6 Å². The monoisotopic (exact) mass is 478 g/mol. The fraction of sp³-hybridized carbons (Fsp3) is 0. The zero-order chi connectivity index (χ0) is 24.0. The van der Waals surface area contributed by atoms with Crippen LogP contribution in [0.5, 0.6) is 11.5 Å². The number of hydrogen-bond donors (Lipinski definition) is 1. The molecule has 0 atom stereocenters. The van der Waals surface area contributed by atoms with Gasteiger partial charge in [0.2, 0.25) is 0 Å². The Morgan fingerprint density at radius 3 is 2.55 bits per heavy atom. The van der Waals surface area contributed by atoms with Crippen molar-refractivity contribution >= 4 is 46.6 Å². The summed E-state index contributed by atoms with van der Waals surface area (Å²) >= 11 is 12.0. The van der Waals surface area contributed by atoms with Crippen LogP contribution in [0.1, 0.15) is 11.1 Å². The number of nitriles is 2. The highest BCUT2D eigenvalue weighted by Crippen LogP contribution is 2.31. The summed E-state index contributed by atoms with van der Waals surface area (Å²) in [4.78, 5) is 22.8. The number of anilines is 1. The number of carbonyl (C=O) groups is 1. The number of nitrogens with one attached hydrogen (secondary N) is 1. The maximum absolute atomic E-state index is 12.5. The number of halogens is 2. The minimum atomic E-state index is -0.685. The Bertz CT molecular complexity index is 1370. The van der Waals surface area contributed by atoms with Crippen LogP contribution in [-0.4, -0.2) is 10.8 Å². The lowest BCUT2D eigenvalue weighted by Crippen LogP contribution is -2.13. The highest BCUT2D eigenvalue weighted by atomic mass is 35.5. The van der Waals surface area contributed by atoms with Crippen LogP contribution < -0.4 is 10.1 Å². The summed E-state index contributed by atoms with van der Waals surface area (Å²) in [5.41, 5.74) is 0.281. The second-order valence-electron chi connectivity index (χ2n) is 6.45. The first kappa shape index (κ1) is 23.3. The van der Waals surface area contributed by atoms with E-state index in [-0.39, 0.29) is 38.3 Å². The van der Waals surface area contributed by atoms with E-state index >= 15 is 0 Å². The van der Waals surface area contributed by atoms with Crippen molar-refractivity contribution < 1.29 is 14.5 Å². The summed E-state index contributed by atoms with van der Waals surface area (Å²) in [7, 11) is 0. The third kappa shape index (κ3) is 5.66. The van der Waals surface area contributed by atoms with Crippen molar-refractivity contribution in [2.75, 3.05) is 5.32 Å². The topological polar surface area (TPSA) is 129 Å². The molecule has 162 valence electrons. The van der Waals surface area contributed by atoms with E-state index in [4.69, 9.17) is 27.9 Å². The molecule has 10 heteroatoms. The maximum Gasteiger partial charge on any atom is 0.271 e. The Kier molecular flexibility index (Phi) is 7.27. The summed E-state index contributed by atoms with van der Waals surface area (Å²) in [6, 6.07) is 18.5. The number of nitrogens with zero attached hydrogens (tertiary/aromatic N) is 3. The molecular weight excluding hydrogens is 467 g/mol. The molecule has 0 unspecified atom stereocenters. The molecule has 0 aliphatic rings. The van der Waals surface area contributed by atoms with Gasteiger partial charge in [0, 0.05) is 12.1 Å². The van der Waals surface area contributed by atoms with Gasteiger partial charge in [0.05, 0.1) is 20.7 Å². The summed E-state index contributed by atoms with van der Waals surface area (Å²) in [5.74, 6) is -0.266. The second-order valence-corrected chi connectivity index (χ2v) is 7.23. The van der Waals surface area contributed by atoms with Crippen LogP contribution in [0.3, 0.4) is 0 Å². The van der Waals surface area contributed by atoms with E-state index in [1.54, 1.807) is 42.5 Å². The first-order valence-corrected chi connectivity index (χ1v) is 9.91. The van der Waals surface area contributed by atoms with Gasteiger partial charge in [0.15, 0.2) is 0 Å². The van der Waals surface area contributed by atoms with Crippen molar-refractivity contribution in [1.29, 1.82) is 10.5 Å². The Balaban J connectivity index is 1.84. The van der Waals surface area contributed by atoms with Gasteiger partial charge >= 0.3 is 0 Å². The standard InChI is InChI=1S/C23H12Cl2N4O4/c24-19-5-2-6-20(22(19)25)28-23(30)16(13-27)9-14-3-1-4-18(10-14)33-21-8-7-17(29(31)32)11-15(21)12-26/h1-11H,(H,28,30)/b16-9+. The SMILES string of the molecule is N#C/C(=C\c1cccc(Oc2ccc([N+](=O)[O-])cc2C#N)c1)C(=O)Nc1cccc(Cl)c1Cl. The predicted molar refractivity (Wildman–Crippen MR) is 123 cm³/mol. The average Bonchev–Trinajstić information content (AvgIpc) is 2.80. The van der Waals surface area contributed by atoms with Crippen molar-refractivity contribution in [1.82, 2.24) is 0 Å². The lowest BCUT2D eigenvalue weighted by atomic mass is 10.1. The molecule has 0 radical (unpaired) electrons. The Morgan fingerprint density at radius 2 is 1.85 bits per heavy atom. The van der Waals surface area contributed by atoms with Crippen LogP contribution in [0.25, 0.3) is 6.08 Å². The van der Waals surface area contributed by atoms with Gasteiger partial charge in [0.1, 0.15) is 34.8 Å². The van der Waals surface area contributed by atoms with Crippen LogP contribution in [0.15, 0.2) is 66.2 Å². The molecule has 0 aliphatic carbocycles. The van der Waals surface area contributed by atoms with E-state index in [0.29, 0.717) is 11.3 Å². The molecule has 0 aromatic heterocycles. The number of rotatable bonds is 6. The van der Waals surface area contributed by atoms with Crippen molar-refractivity contribution in [2.24, 2.45) is 0 Å². The molecule has 0 saturated carbocycles. The zero-order valence-corrected chi connectivity index (χ0v) is 18.1. The number of carbonyl (C=O) groups excluding carboxylic acids is 1. The maximum atomic E-state index is 12.5. The lowest BCUT2D eigenvalue weighted by molar-refractivity contribution is -0.384. The van der Waals surface area contributed by atoms with Crippen LogP contribution in [0.4, 0.5) is 11.4 Å². The molecule has 3 aromatic carbocycles. The third-order valence-corrected chi connectivity index (χ3v) is 5.08. The summed E-state index contributed by atoms with van der Waals surface area (Å²) < 4.78 is 5.69. The Morgan fingerprint density at radius 1 is 1.09 bits per heavy atom. The van der Waals surface area contributed by atoms with Gasteiger partial charge in [-0.1, -0.05) is 41.4 Å². The summed E-state index contributed by atoms with van der Waals surface area (Å²) in [5, 5.41) is 32.5. The molecule has 0 spiro atoms. The molecule has 0 aliphatic heterocycles. The van der Waals surface area contributed by atoms with Crippen LogP contribution in [-0.2, 0) is 4.79 Å². The number of nitro benzene ring substituents is 1. The third-order valence-electron chi connectivity index (χ3n) is 4.26. The van der Waals surface area contributed by atoms with E-state index in [9.17, 15) is 25.4 Å². The van der Waals surface area contributed by atoms with E-state index in [1.165, 1.54) is 18.2 Å². The van der Waals surface area contributed by atoms with Gasteiger partial charge < -0.3 is 10.1 Å². The fourth-order valence-corrected chi connectivity index (χ4v) is 3.06. The van der Waals surface area contributed by atoms with Gasteiger partial charge in [-0.25, -0.2) is 0 Å². The number of ether oxygens (including phenoxy) is 1. The van der Waals surface area contributed by atoms with Crippen LogP contribution >= 0.6 is 23.2 Å². The van der Waals surface area contributed by atoms with Crippen LogP contribution in [0, 0.1) is 32.8 Å². The summed E-state index contributed by atoms with van der Waals surface area (Å²) in [6.07, 6.45) is 1.35. The highest BCUT2D eigenvalue weighted by molar-refractivity contribution is 6.44. The molecule has 0 fully saturated rings. The minimum absolute atomic E-state index is 0.0133. The molecular formula is C23H12Cl2N4O4. The quantitative estimate of drug-likeness (QED) is 0.197. The minimum Gasteiger partial charge on any atom is -0.456 e. The molecule has 0 bridgehead atoms. The van der Waals surface area contributed by atoms with Gasteiger partial charge in [-0.2, -0.15) is 10.5 Å². The molecule has 3 rings (SSSR count). The van der Waals surface area contributed by atoms with Gasteiger partial charge in [-0.3, -0.25) is 14.9 Å². The molecule has 3 aromatic rings. The van der Waals surface area contributed by atoms with Crippen molar-refractivity contribution in [2.45, 2.75) is 0 Å². The molecule has 1 amide bonds. The highest BCUT2D eigenvalue weighted by Gasteiger charge is 2.14. The number of nitro groups is 1. The van der Waals surface area contributed by atoms with E-state index in [0.717, 1.165) is 6.07 Å². The second kappa shape index (κ2) is 10.3. The summed E-state index contributed by atoms with van der Waals surface area (Å²) in [6.45, 7) is 0. The number of non-ortho nitro benzene ring substituents is 1.